The summed E-state index contributed by atoms with van der Waals surface area (Å²) >= 11 is 0. The molecule has 0 aliphatic heterocycles. The van der Waals surface area contributed by atoms with Crippen molar-refractivity contribution in [1.82, 2.24) is 14.7 Å². The first-order chi connectivity index (χ1) is 9.85. The number of nitrogens with zero attached hydrogens (tertiary/aromatic N) is 3. The molecule has 0 saturated heterocycles. The van der Waals surface area contributed by atoms with E-state index in [4.69, 9.17) is 4.52 Å². The fourth-order valence-corrected chi connectivity index (χ4v) is 2.50. The van der Waals surface area contributed by atoms with Crippen molar-refractivity contribution in [2.24, 2.45) is 0 Å². The van der Waals surface area contributed by atoms with Gasteiger partial charge in [-0.1, -0.05) is 17.3 Å². The molecule has 0 atom stereocenters. The number of para-hydroxylation sites is 1. The van der Waals surface area contributed by atoms with Gasteiger partial charge in [0.15, 0.2) is 12.1 Å². The summed E-state index contributed by atoms with van der Waals surface area (Å²) < 4.78 is 7.27. The molecule has 0 N–H and O–H groups in total. The highest BCUT2D eigenvalue weighted by molar-refractivity contribution is 5.96. The van der Waals surface area contributed by atoms with Gasteiger partial charge in [0.05, 0.1) is 5.52 Å². The van der Waals surface area contributed by atoms with Crippen LogP contribution < -0.4 is 0 Å². The van der Waals surface area contributed by atoms with Gasteiger partial charge in [0.1, 0.15) is 6.54 Å². The van der Waals surface area contributed by atoms with Crippen LogP contribution in [-0.4, -0.2) is 21.0 Å². The minimum absolute atomic E-state index is 0.486. The highest BCUT2D eigenvalue weighted by atomic mass is 16.5. The first-order valence-electron chi connectivity index (χ1n) is 6.70. The van der Waals surface area contributed by atoms with Crippen LogP contribution in [0.4, 0.5) is 0 Å². The summed E-state index contributed by atoms with van der Waals surface area (Å²) in [6.45, 7) is 0.494. The van der Waals surface area contributed by atoms with Gasteiger partial charge >= 0.3 is 0 Å². The number of rotatable bonds is 4. The molecule has 5 heteroatoms. The van der Waals surface area contributed by atoms with E-state index in [2.05, 4.69) is 10.1 Å². The Morgan fingerprint density at radius 3 is 3.05 bits per heavy atom. The van der Waals surface area contributed by atoms with E-state index in [0.29, 0.717) is 23.9 Å². The Morgan fingerprint density at radius 1 is 1.35 bits per heavy atom. The maximum absolute atomic E-state index is 11.2. The Morgan fingerprint density at radius 2 is 2.25 bits per heavy atom. The Bertz CT molecular complexity index is 783. The molecule has 1 aliphatic carbocycles. The van der Waals surface area contributed by atoms with Crippen LogP contribution in [0.2, 0.25) is 0 Å². The van der Waals surface area contributed by atoms with Crippen molar-refractivity contribution in [3.8, 4) is 0 Å². The number of fused-ring (bicyclic) bond motifs is 1. The molecule has 1 aromatic carbocycles. The highest BCUT2D eigenvalue weighted by Gasteiger charge is 2.28. The van der Waals surface area contributed by atoms with E-state index in [1.54, 1.807) is 0 Å². The van der Waals surface area contributed by atoms with E-state index in [1.165, 1.54) is 0 Å². The average Bonchev–Trinajstić information content (AvgIpc) is 3.09. The predicted molar refractivity (Wildman–Crippen MR) is 72.7 cm³/mol. The zero-order chi connectivity index (χ0) is 13.5. The first kappa shape index (κ1) is 11.4. The third-order valence-electron chi connectivity index (χ3n) is 3.68. The molecule has 100 valence electrons. The summed E-state index contributed by atoms with van der Waals surface area (Å²) in [5, 5.41) is 5.05. The molecule has 1 fully saturated rings. The molecule has 0 radical (unpaired) electrons. The van der Waals surface area contributed by atoms with Crippen molar-refractivity contribution in [2.45, 2.75) is 25.3 Å². The van der Waals surface area contributed by atoms with Crippen molar-refractivity contribution in [2.75, 3.05) is 0 Å². The van der Waals surface area contributed by atoms with Crippen LogP contribution in [0.15, 0.2) is 35.0 Å². The second-order valence-corrected chi connectivity index (χ2v) is 5.17. The van der Waals surface area contributed by atoms with E-state index in [0.717, 1.165) is 35.9 Å². The monoisotopic (exact) mass is 267 g/mol. The van der Waals surface area contributed by atoms with Crippen LogP contribution in [0, 0.1) is 0 Å². The molecule has 1 aliphatic rings. The van der Waals surface area contributed by atoms with E-state index in [1.807, 2.05) is 35.0 Å². The lowest BCUT2D eigenvalue weighted by molar-refractivity contribution is 0.112. The number of hydrogen-bond acceptors (Lipinski definition) is 4. The maximum Gasteiger partial charge on any atom is 0.246 e. The quantitative estimate of drug-likeness (QED) is 0.682. The third kappa shape index (κ3) is 1.82. The SMILES string of the molecule is O=Cc1cccc2ccn(Cc3nc(C4CC4)no3)c12. The molecule has 0 bridgehead atoms. The van der Waals surface area contributed by atoms with E-state index < -0.39 is 0 Å². The summed E-state index contributed by atoms with van der Waals surface area (Å²) in [6, 6.07) is 7.67. The first-order valence-corrected chi connectivity index (χ1v) is 6.70. The van der Waals surface area contributed by atoms with Crippen LogP contribution in [0.25, 0.3) is 10.9 Å². The van der Waals surface area contributed by atoms with Gasteiger partial charge in [0.25, 0.3) is 0 Å². The predicted octanol–water partition coefficient (Wildman–Crippen LogP) is 2.76. The lowest BCUT2D eigenvalue weighted by atomic mass is 10.1. The highest BCUT2D eigenvalue weighted by Crippen LogP contribution is 2.38. The minimum Gasteiger partial charge on any atom is -0.337 e. The standard InChI is InChI=1S/C15H13N3O2/c19-9-12-3-1-2-10-6-7-18(14(10)12)8-13-16-15(17-20-13)11-4-5-11/h1-3,6-7,9,11H,4-5,8H2. The molecule has 3 aromatic rings. The van der Waals surface area contributed by atoms with Gasteiger partial charge in [0.2, 0.25) is 5.89 Å². The largest absolute Gasteiger partial charge is 0.337 e. The van der Waals surface area contributed by atoms with E-state index >= 15 is 0 Å². The van der Waals surface area contributed by atoms with Crippen molar-refractivity contribution in [3.63, 3.8) is 0 Å². The molecule has 5 nitrogen and oxygen atoms in total. The zero-order valence-electron chi connectivity index (χ0n) is 10.8. The molecule has 2 aromatic heterocycles. The Hall–Kier alpha value is -2.43. The number of carbonyl (C=O) groups excluding carboxylic acids is 1. The lowest BCUT2D eigenvalue weighted by Crippen LogP contribution is -2.00. The number of carbonyl (C=O) groups is 1. The zero-order valence-corrected chi connectivity index (χ0v) is 10.8. The van der Waals surface area contributed by atoms with Crippen LogP contribution in [0.1, 0.15) is 40.8 Å². The normalized spacial score (nSPS) is 14.8. The molecule has 4 rings (SSSR count). The summed E-state index contributed by atoms with van der Waals surface area (Å²) in [7, 11) is 0. The second-order valence-electron chi connectivity index (χ2n) is 5.17. The maximum atomic E-state index is 11.2. The third-order valence-corrected chi connectivity index (χ3v) is 3.68. The molecule has 0 unspecified atom stereocenters. The van der Waals surface area contributed by atoms with Gasteiger partial charge in [-0.3, -0.25) is 4.79 Å². The van der Waals surface area contributed by atoms with Crippen molar-refractivity contribution in [1.29, 1.82) is 0 Å². The van der Waals surface area contributed by atoms with Gasteiger partial charge < -0.3 is 9.09 Å². The molecular formula is C15H13N3O2. The van der Waals surface area contributed by atoms with Gasteiger partial charge in [-0.2, -0.15) is 4.98 Å². The average molecular weight is 267 g/mol. The molecular weight excluding hydrogens is 254 g/mol. The van der Waals surface area contributed by atoms with Crippen LogP contribution in [0.3, 0.4) is 0 Å². The molecule has 20 heavy (non-hydrogen) atoms. The van der Waals surface area contributed by atoms with Gasteiger partial charge in [-0.05, 0) is 25.0 Å². The fourth-order valence-electron chi connectivity index (χ4n) is 2.50. The Labute approximate surface area is 115 Å². The fraction of sp³-hybridized carbons (Fsp3) is 0.267. The van der Waals surface area contributed by atoms with Crippen LogP contribution in [-0.2, 0) is 6.54 Å². The Kier molecular flexibility index (Phi) is 2.45. The summed E-state index contributed by atoms with van der Waals surface area (Å²) in [4.78, 5) is 15.6. The molecule has 2 heterocycles. The summed E-state index contributed by atoms with van der Waals surface area (Å²) in [5.74, 6) is 1.89. The van der Waals surface area contributed by atoms with Crippen molar-refractivity contribution < 1.29 is 9.32 Å². The van der Waals surface area contributed by atoms with Gasteiger partial charge in [0, 0.05) is 23.1 Å². The molecule has 0 amide bonds. The summed E-state index contributed by atoms with van der Waals surface area (Å²) in [5.41, 5.74) is 1.59. The van der Waals surface area contributed by atoms with Gasteiger partial charge in [-0.25, -0.2) is 0 Å². The number of hydrogen-bond donors (Lipinski definition) is 0. The molecule has 1 saturated carbocycles. The topological polar surface area (TPSA) is 60.9 Å². The second kappa shape index (κ2) is 4.30. The number of aromatic nitrogens is 3. The minimum atomic E-state index is 0.486. The van der Waals surface area contributed by atoms with E-state index in [-0.39, 0.29) is 0 Å². The molecule has 0 spiro atoms. The number of aldehydes is 1. The van der Waals surface area contributed by atoms with Crippen LogP contribution >= 0.6 is 0 Å². The van der Waals surface area contributed by atoms with Crippen molar-refractivity contribution in [3.05, 3.63) is 47.7 Å². The van der Waals surface area contributed by atoms with Gasteiger partial charge in [-0.15, -0.1) is 0 Å². The Balaban J connectivity index is 1.72. The number of benzene rings is 1. The van der Waals surface area contributed by atoms with Crippen LogP contribution in [0.5, 0.6) is 0 Å². The summed E-state index contributed by atoms with van der Waals surface area (Å²) in [6.07, 6.45) is 5.13. The van der Waals surface area contributed by atoms with Crippen molar-refractivity contribution >= 4 is 17.2 Å². The lowest BCUT2D eigenvalue weighted by Gasteiger charge is -2.03. The van der Waals surface area contributed by atoms with E-state index in [9.17, 15) is 4.79 Å². The smallest absolute Gasteiger partial charge is 0.246 e.